The summed E-state index contributed by atoms with van der Waals surface area (Å²) in [5, 5.41) is 0. The molecule has 0 radical (unpaired) electrons. The predicted octanol–water partition coefficient (Wildman–Crippen LogP) is 1.08. The number of rotatable bonds is 6. The second-order valence-corrected chi connectivity index (χ2v) is 6.16. The lowest BCUT2D eigenvalue weighted by Gasteiger charge is -2.10. The third-order valence-electron chi connectivity index (χ3n) is 2.53. The van der Waals surface area contributed by atoms with E-state index < -0.39 is 10.0 Å². The van der Waals surface area contributed by atoms with E-state index in [0.717, 1.165) is 5.56 Å². The third kappa shape index (κ3) is 5.61. The maximum absolute atomic E-state index is 11.9. The van der Waals surface area contributed by atoms with Gasteiger partial charge in [-0.2, -0.15) is 0 Å². The van der Waals surface area contributed by atoms with Crippen molar-refractivity contribution in [1.82, 2.24) is 0 Å². The Morgan fingerprint density at radius 2 is 2.15 bits per heavy atom. The molecule has 0 aliphatic heterocycles. The molecule has 110 valence electrons. The summed E-state index contributed by atoms with van der Waals surface area (Å²) in [5.74, 6) is 5.62. The summed E-state index contributed by atoms with van der Waals surface area (Å²) in [7, 11) is -1.85. The Morgan fingerprint density at radius 1 is 1.40 bits per heavy atom. The lowest BCUT2D eigenvalue weighted by atomic mass is 10.1. The van der Waals surface area contributed by atoms with E-state index in [1.165, 1.54) is 0 Å². The smallest absolute Gasteiger partial charge is 0.232 e. The zero-order chi connectivity index (χ0) is 15.0. The summed E-state index contributed by atoms with van der Waals surface area (Å²) in [6, 6.07) is 5.38. The van der Waals surface area contributed by atoms with Crippen molar-refractivity contribution in [1.29, 1.82) is 0 Å². The van der Waals surface area contributed by atoms with E-state index in [1.54, 1.807) is 13.2 Å². The van der Waals surface area contributed by atoms with Crippen molar-refractivity contribution >= 4 is 15.7 Å². The Hall–Kier alpha value is -1.55. The van der Waals surface area contributed by atoms with E-state index >= 15 is 0 Å². The average molecular weight is 296 g/mol. The summed E-state index contributed by atoms with van der Waals surface area (Å²) in [6.07, 6.45) is 0.446. The van der Waals surface area contributed by atoms with Gasteiger partial charge in [0.25, 0.3) is 0 Å². The average Bonchev–Trinajstić information content (AvgIpc) is 2.39. The number of benzene rings is 1. The standard InChI is InChI=1S/C14H20N2O3S/c1-12-6-7-14(13(11-12)5-3-8-15)16-20(17,18)10-4-9-19-2/h6-7,11,16H,4,8-10,15H2,1-2H3. The maximum atomic E-state index is 11.9. The first kappa shape index (κ1) is 16.5. The Bertz CT molecular complexity index is 601. The molecule has 0 aliphatic carbocycles. The molecule has 0 heterocycles. The molecule has 0 saturated carbocycles. The monoisotopic (exact) mass is 296 g/mol. The summed E-state index contributed by atoms with van der Waals surface area (Å²) < 4.78 is 31.3. The van der Waals surface area contributed by atoms with Crippen LogP contribution in [0.1, 0.15) is 17.5 Å². The number of hydrogen-bond acceptors (Lipinski definition) is 4. The number of hydrogen-bond donors (Lipinski definition) is 2. The molecule has 5 nitrogen and oxygen atoms in total. The van der Waals surface area contributed by atoms with Crippen molar-refractivity contribution in [3.05, 3.63) is 29.3 Å². The van der Waals surface area contributed by atoms with Gasteiger partial charge in [-0.1, -0.05) is 17.9 Å². The van der Waals surface area contributed by atoms with Gasteiger partial charge in [0.15, 0.2) is 0 Å². The minimum absolute atomic E-state index is 0.0124. The van der Waals surface area contributed by atoms with Gasteiger partial charge in [0.05, 0.1) is 18.0 Å². The van der Waals surface area contributed by atoms with Crippen LogP contribution in [0.5, 0.6) is 0 Å². The molecule has 3 N–H and O–H groups in total. The second kappa shape index (κ2) is 7.90. The molecule has 20 heavy (non-hydrogen) atoms. The first-order valence-electron chi connectivity index (χ1n) is 6.27. The van der Waals surface area contributed by atoms with Gasteiger partial charge >= 0.3 is 0 Å². The fourth-order valence-electron chi connectivity index (χ4n) is 1.61. The van der Waals surface area contributed by atoms with Gasteiger partial charge < -0.3 is 10.5 Å². The van der Waals surface area contributed by atoms with E-state index in [1.807, 2.05) is 19.1 Å². The van der Waals surface area contributed by atoms with E-state index in [-0.39, 0.29) is 12.3 Å². The van der Waals surface area contributed by atoms with Crippen LogP contribution >= 0.6 is 0 Å². The molecule has 0 aromatic heterocycles. The highest BCUT2D eigenvalue weighted by Crippen LogP contribution is 2.18. The second-order valence-electron chi connectivity index (χ2n) is 4.32. The molecule has 0 amide bonds. The molecule has 0 saturated heterocycles. The van der Waals surface area contributed by atoms with Gasteiger partial charge in [0.2, 0.25) is 10.0 Å². The zero-order valence-corrected chi connectivity index (χ0v) is 12.6. The van der Waals surface area contributed by atoms with Gasteiger partial charge in [-0.25, -0.2) is 8.42 Å². The molecule has 0 fully saturated rings. The zero-order valence-electron chi connectivity index (χ0n) is 11.8. The van der Waals surface area contributed by atoms with Crippen molar-refractivity contribution in [2.45, 2.75) is 13.3 Å². The SMILES string of the molecule is COCCCS(=O)(=O)Nc1ccc(C)cc1C#CCN. The Balaban J connectivity index is 2.91. The minimum Gasteiger partial charge on any atom is -0.385 e. The van der Waals surface area contributed by atoms with E-state index in [4.69, 9.17) is 10.5 Å². The Morgan fingerprint density at radius 3 is 2.80 bits per heavy atom. The lowest BCUT2D eigenvalue weighted by Crippen LogP contribution is -2.18. The molecule has 0 aliphatic rings. The van der Waals surface area contributed by atoms with Crippen LogP contribution in [-0.4, -0.2) is 34.4 Å². The number of methoxy groups -OCH3 is 1. The highest BCUT2D eigenvalue weighted by atomic mass is 32.2. The van der Waals surface area contributed by atoms with Crippen LogP contribution in [0, 0.1) is 18.8 Å². The van der Waals surface area contributed by atoms with Crippen LogP contribution in [0.4, 0.5) is 5.69 Å². The predicted molar refractivity (Wildman–Crippen MR) is 81.0 cm³/mol. The summed E-state index contributed by atoms with van der Waals surface area (Å²) >= 11 is 0. The van der Waals surface area contributed by atoms with Gasteiger partial charge in [0.1, 0.15) is 0 Å². The molecule has 0 unspecified atom stereocenters. The van der Waals surface area contributed by atoms with Crippen LogP contribution in [0.25, 0.3) is 0 Å². The topological polar surface area (TPSA) is 81.4 Å². The Labute approximate surface area is 120 Å². The molecule has 1 rings (SSSR count). The summed E-state index contributed by atoms with van der Waals surface area (Å²) in [4.78, 5) is 0. The molecule has 0 bridgehead atoms. The molecule has 1 aromatic carbocycles. The molecule has 1 aromatic rings. The van der Waals surface area contributed by atoms with Gasteiger partial charge in [-0.3, -0.25) is 4.72 Å². The summed E-state index contributed by atoms with van der Waals surface area (Å²) in [5.41, 5.74) is 7.47. The van der Waals surface area contributed by atoms with E-state index in [9.17, 15) is 8.42 Å². The van der Waals surface area contributed by atoms with Crippen molar-refractivity contribution < 1.29 is 13.2 Å². The van der Waals surface area contributed by atoms with E-state index in [0.29, 0.717) is 24.3 Å². The number of ether oxygens (including phenoxy) is 1. The molecule has 0 spiro atoms. The number of anilines is 1. The van der Waals surface area contributed by atoms with E-state index in [2.05, 4.69) is 16.6 Å². The van der Waals surface area contributed by atoms with Crippen LogP contribution in [0.3, 0.4) is 0 Å². The van der Waals surface area contributed by atoms with Gasteiger partial charge in [-0.15, -0.1) is 0 Å². The highest BCUT2D eigenvalue weighted by Gasteiger charge is 2.12. The largest absolute Gasteiger partial charge is 0.385 e. The van der Waals surface area contributed by atoms with Gasteiger partial charge in [0, 0.05) is 19.3 Å². The quantitative estimate of drug-likeness (QED) is 0.608. The number of sulfonamides is 1. The van der Waals surface area contributed by atoms with Crippen LogP contribution < -0.4 is 10.5 Å². The van der Waals surface area contributed by atoms with Crippen LogP contribution in [0.2, 0.25) is 0 Å². The normalized spacial score (nSPS) is 10.8. The fraction of sp³-hybridized carbons (Fsp3) is 0.429. The highest BCUT2D eigenvalue weighted by molar-refractivity contribution is 7.92. The fourth-order valence-corrected chi connectivity index (χ4v) is 2.72. The number of aryl methyl sites for hydroxylation is 1. The molecule has 6 heteroatoms. The van der Waals surface area contributed by atoms with Crippen LogP contribution in [0.15, 0.2) is 18.2 Å². The molecular formula is C14H20N2O3S. The van der Waals surface area contributed by atoms with Crippen molar-refractivity contribution in [3.63, 3.8) is 0 Å². The first-order chi connectivity index (χ1) is 9.48. The third-order valence-corrected chi connectivity index (χ3v) is 3.88. The number of nitrogens with one attached hydrogen (secondary N) is 1. The minimum atomic E-state index is -3.40. The van der Waals surface area contributed by atoms with Crippen molar-refractivity contribution in [2.75, 3.05) is 30.7 Å². The van der Waals surface area contributed by atoms with Crippen molar-refractivity contribution in [3.8, 4) is 11.8 Å². The molecular weight excluding hydrogens is 276 g/mol. The van der Waals surface area contributed by atoms with Gasteiger partial charge in [-0.05, 0) is 31.0 Å². The van der Waals surface area contributed by atoms with Crippen molar-refractivity contribution in [2.24, 2.45) is 5.73 Å². The summed E-state index contributed by atoms with van der Waals surface area (Å²) in [6.45, 7) is 2.56. The maximum Gasteiger partial charge on any atom is 0.232 e. The lowest BCUT2D eigenvalue weighted by molar-refractivity contribution is 0.199. The van der Waals surface area contributed by atoms with Crippen LogP contribution in [-0.2, 0) is 14.8 Å². The number of nitrogens with two attached hydrogens (primary N) is 1. The Kier molecular flexibility index (Phi) is 6.52. The molecule has 0 atom stereocenters. The first-order valence-corrected chi connectivity index (χ1v) is 7.93.